The highest BCUT2D eigenvalue weighted by atomic mass is 32.2. The van der Waals surface area contributed by atoms with E-state index in [0.29, 0.717) is 31.1 Å². The number of aryl methyl sites for hydroxylation is 2. The van der Waals surface area contributed by atoms with Gasteiger partial charge in [-0.1, -0.05) is 12.1 Å². The van der Waals surface area contributed by atoms with E-state index in [1.807, 2.05) is 30.3 Å². The van der Waals surface area contributed by atoms with Crippen molar-refractivity contribution in [1.29, 1.82) is 0 Å². The Balaban J connectivity index is 1.40. The van der Waals surface area contributed by atoms with Gasteiger partial charge < -0.3 is 9.47 Å². The molecule has 0 bridgehead atoms. The molecule has 1 heterocycles. The fourth-order valence-corrected chi connectivity index (χ4v) is 4.45. The van der Waals surface area contributed by atoms with Crippen LogP contribution in [0.15, 0.2) is 41.3 Å². The lowest BCUT2D eigenvalue weighted by Crippen LogP contribution is -2.26. The van der Waals surface area contributed by atoms with Gasteiger partial charge in [-0.25, -0.2) is 13.1 Å². The molecule has 25 heavy (non-hydrogen) atoms. The predicted octanol–water partition coefficient (Wildman–Crippen LogP) is 2.47. The van der Waals surface area contributed by atoms with E-state index in [1.165, 1.54) is 5.56 Å². The first kappa shape index (κ1) is 16.4. The Labute approximate surface area is 148 Å². The number of nitrogens with one attached hydrogen (secondary N) is 1. The zero-order valence-electron chi connectivity index (χ0n) is 14.0. The van der Waals surface area contributed by atoms with Crippen LogP contribution in [0, 0.1) is 0 Å². The largest absolute Gasteiger partial charge is 0.486 e. The van der Waals surface area contributed by atoms with Gasteiger partial charge in [0.05, 0.1) is 4.90 Å². The third-order valence-electron chi connectivity index (χ3n) is 4.69. The van der Waals surface area contributed by atoms with Crippen LogP contribution >= 0.6 is 0 Å². The minimum absolute atomic E-state index is 0.346. The van der Waals surface area contributed by atoms with Gasteiger partial charge >= 0.3 is 0 Å². The molecule has 4 rings (SSSR count). The highest BCUT2D eigenvalue weighted by molar-refractivity contribution is 7.89. The lowest BCUT2D eigenvalue weighted by atomic mass is 10.1. The number of benzene rings is 2. The summed E-state index contributed by atoms with van der Waals surface area (Å²) in [6, 6.07) is 11.2. The first-order valence-electron chi connectivity index (χ1n) is 8.62. The van der Waals surface area contributed by atoms with E-state index in [1.54, 1.807) is 6.07 Å². The summed E-state index contributed by atoms with van der Waals surface area (Å²) in [5, 5.41) is 0. The monoisotopic (exact) mass is 359 g/mol. The van der Waals surface area contributed by atoms with E-state index in [-0.39, 0.29) is 0 Å². The maximum atomic E-state index is 12.5. The van der Waals surface area contributed by atoms with Crippen LogP contribution in [0.2, 0.25) is 0 Å². The van der Waals surface area contributed by atoms with Gasteiger partial charge in [-0.2, -0.15) is 0 Å². The minimum atomic E-state index is -3.48. The molecule has 0 atom stereocenters. The molecule has 1 aliphatic carbocycles. The number of hydrogen-bond donors (Lipinski definition) is 1. The van der Waals surface area contributed by atoms with E-state index < -0.39 is 10.0 Å². The van der Waals surface area contributed by atoms with Crippen LogP contribution in [-0.2, 0) is 29.3 Å². The summed E-state index contributed by atoms with van der Waals surface area (Å²) < 4.78 is 38.7. The number of fused-ring (bicyclic) bond motifs is 2. The predicted molar refractivity (Wildman–Crippen MR) is 94.8 cm³/mol. The quantitative estimate of drug-likeness (QED) is 0.891. The number of rotatable bonds is 5. The molecule has 0 saturated carbocycles. The zero-order valence-corrected chi connectivity index (χ0v) is 14.8. The Morgan fingerprint density at radius 2 is 1.72 bits per heavy atom. The van der Waals surface area contributed by atoms with Crippen LogP contribution < -0.4 is 14.2 Å². The average Bonchev–Trinajstić information content (AvgIpc) is 3.09. The highest BCUT2D eigenvalue weighted by Gasteiger charge is 2.18. The molecule has 0 aromatic heterocycles. The summed E-state index contributed by atoms with van der Waals surface area (Å²) in [5.74, 6) is 1.47. The molecule has 6 heteroatoms. The van der Waals surface area contributed by atoms with Crippen LogP contribution in [0.3, 0.4) is 0 Å². The van der Waals surface area contributed by atoms with Crippen molar-refractivity contribution in [1.82, 2.24) is 4.72 Å². The van der Waals surface area contributed by atoms with Crippen molar-refractivity contribution < 1.29 is 17.9 Å². The minimum Gasteiger partial charge on any atom is -0.486 e. The second kappa shape index (κ2) is 6.69. The molecule has 5 nitrogen and oxygen atoms in total. The number of hydrogen-bond acceptors (Lipinski definition) is 4. The standard InChI is InChI=1S/C19H21NO4S/c21-25(22,17-6-5-15-2-1-3-16(15)13-17)20-9-8-14-4-7-18-19(12-14)24-11-10-23-18/h4-7,12-13,20H,1-3,8-11H2. The smallest absolute Gasteiger partial charge is 0.240 e. The zero-order chi connectivity index (χ0) is 17.3. The fourth-order valence-electron chi connectivity index (χ4n) is 3.37. The normalized spacial score (nSPS) is 15.8. The Hall–Kier alpha value is -2.05. The topological polar surface area (TPSA) is 64.6 Å². The van der Waals surface area contributed by atoms with Crippen LogP contribution in [0.25, 0.3) is 0 Å². The van der Waals surface area contributed by atoms with Crippen molar-refractivity contribution >= 4 is 10.0 Å². The van der Waals surface area contributed by atoms with Crippen molar-refractivity contribution in [2.45, 2.75) is 30.6 Å². The first-order chi connectivity index (χ1) is 12.1. The molecule has 0 saturated heterocycles. The molecular formula is C19H21NO4S. The summed E-state index contributed by atoms with van der Waals surface area (Å²) in [6.45, 7) is 1.45. The van der Waals surface area contributed by atoms with Gasteiger partial charge in [0.2, 0.25) is 10.0 Å². The molecule has 0 radical (unpaired) electrons. The van der Waals surface area contributed by atoms with Crippen molar-refractivity contribution in [3.63, 3.8) is 0 Å². The van der Waals surface area contributed by atoms with Crippen molar-refractivity contribution in [3.8, 4) is 11.5 Å². The lowest BCUT2D eigenvalue weighted by Gasteiger charge is -2.18. The Bertz CT molecular complexity index is 892. The van der Waals surface area contributed by atoms with Crippen molar-refractivity contribution in [2.24, 2.45) is 0 Å². The van der Waals surface area contributed by atoms with Gasteiger partial charge in [0.15, 0.2) is 11.5 Å². The average molecular weight is 359 g/mol. The molecule has 132 valence electrons. The number of ether oxygens (including phenoxy) is 2. The first-order valence-corrected chi connectivity index (χ1v) is 10.1. The summed E-state index contributed by atoms with van der Waals surface area (Å²) in [7, 11) is -3.48. The van der Waals surface area contributed by atoms with Crippen LogP contribution in [0.4, 0.5) is 0 Å². The molecule has 0 fully saturated rings. The molecule has 0 unspecified atom stereocenters. The van der Waals surface area contributed by atoms with Crippen molar-refractivity contribution in [2.75, 3.05) is 19.8 Å². The van der Waals surface area contributed by atoms with Crippen molar-refractivity contribution in [3.05, 3.63) is 53.1 Å². The van der Waals surface area contributed by atoms with E-state index >= 15 is 0 Å². The molecule has 2 aromatic rings. The molecule has 0 amide bonds. The third kappa shape index (κ3) is 3.50. The molecule has 2 aliphatic rings. The highest BCUT2D eigenvalue weighted by Crippen LogP contribution is 2.31. The maximum Gasteiger partial charge on any atom is 0.240 e. The lowest BCUT2D eigenvalue weighted by molar-refractivity contribution is 0.171. The van der Waals surface area contributed by atoms with Gasteiger partial charge in [0.1, 0.15) is 13.2 Å². The maximum absolute atomic E-state index is 12.5. The van der Waals surface area contributed by atoms with Crippen LogP contribution in [0.1, 0.15) is 23.1 Å². The van der Waals surface area contributed by atoms with Gasteiger partial charge in [-0.05, 0) is 66.6 Å². The van der Waals surface area contributed by atoms with E-state index in [2.05, 4.69) is 4.72 Å². The van der Waals surface area contributed by atoms with Crippen LogP contribution in [0.5, 0.6) is 11.5 Å². The second-order valence-corrected chi connectivity index (χ2v) is 8.18. The molecular weight excluding hydrogens is 338 g/mol. The third-order valence-corrected chi connectivity index (χ3v) is 6.15. The molecule has 0 spiro atoms. The van der Waals surface area contributed by atoms with Crippen LogP contribution in [-0.4, -0.2) is 28.2 Å². The van der Waals surface area contributed by atoms with E-state index in [9.17, 15) is 8.42 Å². The summed E-state index contributed by atoms with van der Waals surface area (Å²) in [4.78, 5) is 0.357. The SMILES string of the molecule is O=S(=O)(NCCc1ccc2c(c1)OCCO2)c1ccc2c(c1)CCC2. The van der Waals surface area contributed by atoms with E-state index in [0.717, 1.165) is 41.9 Å². The summed E-state index contributed by atoms with van der Waals surface area (Å²) in [5.41, 5.74) is 3.45. The molecule has 1 aliphatic heterocycles. The summed E-state index contributed by atoms with van der Waals surface area (Å²) in [6.07, 6.45) is 3.72. The second-order valence-electron chi connectivity index (χ2n) is 6.41. The Morgan fingerprint density at radius 3 is 2.60 bits per heavy atom. The van der Waals surface area contributed by atoms with Gasteiger partial charge in [0, 0.05) is 6.54 Å². The fraction of sp³-hybridized carbons (Fsp3) is 0.368. The van der Waals surface area contributed by atoms with Gasteiger partial charge in [-0.15, -0.1) is 0 Å². The Kier molecular flexibility index (Phi) is 4.39. The number of sulfonamides is 1. The summed E-state index contributed by atoms with van der Waals surface area (Å²) >= 11 is 0. The molecule has 1 N–H and O–H groups in total. The van der Waals surface area contributed by atoms with Gasteiger partial charge in [-0.3, -0.25) is 0 Å². The van der Waals surface area contributed by atoms with Gasteiger partial charge in [0.25, 0.3) is 0 Å². The van der Waals surface area contributed by atoms with E-state index in [4.69, 9.17) is 9.47 Å². The molecule has 2 aromatic carbocycles. The Morgan fingerprint density at radius 1 is 0.920 bits per heavy atom.